The van der Waals surface area contributed by atoms with Gasteiger partial charge in [0.15, 0.2) is 23.0 Å². The Morgan fingerprint density at radius 3 is 2.44 bits per heavy atom. The number of carbonyl (C=O) groups excluding carboxylic acids is 1. The number of rotatable bonds is 7. The highest BCUT2D eigenvalue weighted by Gasteiger charge is 2.24. The molecule has 2 aromatic heterocycles. The number of carbonyl (C=O) groups is 1. The van der Waals surface area contributed by atoms with E-state index >= 15 is 0 Å². The molecule has 196 valence electrons. The Kier molecular flexibility index (Phi) is 6.89. The molecule has 3 aromatic carbocycles. The summed E-state index contributed by atoms with van der Waals surface area (Å²) in [4.78, 5) is 23.2. The zero-order valence-corrected chi connectivity index (χ0v) is 22.4. The molecule has 8 nitrogen and oxygen atoms in total. The molecule has 1 aliphatic heterocycles. The first-order valence-corrected chi connectivity index (χ1v) is 13.8. The molecule has 1 amide bonds. The molecule has 0 bridgehead atoms. The van der Waals surface area contributed by atoms with E-state index in [1.54, 1.807) is 6.07 Å². The Hall–Kier alpha value is -4.37. The molecule has 3 heterocycles. The Balaban J connectivity index is 1.37. The van der Waals surface area contributed by atoms with Gasteiger partial charge in [0.2, 0.25) is 5.91 Å². The average molecular weight is 538 g/mol. The van der Waals surface area contributed by atoms with Crippen LogP contribution in [0.5, 0.6) is 11.5 Å². The minimum absolute atomic E-state index is 0.141. The Morgan fingerprint density at radius 1 is 0.974 bits per heavy atom. The molecule has 1 N–H and O–H groups in total. The van der Waals surface area contributed by atoms with Crippen LogP contribution in [0, 0.1) is 0 Å². The molecule has 0 radical (unpaired) electrons. The fourth-order valence-corrected chi connectivity index (χ4v) is 5.40. The van der Waals surface area contributed by atoms with Crippen LogP contribution < -0.4 is 14.8 Å². The molecule has 6 rings (SSSR count). The summed E-state index contributed by atoms with van der Waals surface area (Å²) in [5.41, 5.74) is 4.07. The van der Waals surface area contributed by atoms with Gasteiger partial charge in [-0.15, -0.1) is 0 Å². The highest BCUT2D eigenvalue weighted by atomic mass is 32.2. The summed E-state index contributed by atoms with van der Waals surface area (Å²) in [6, 6.07) is 25.2. The molecule has 1 aliphatic rings. The number of para-hydroxylation sites is 1. The Bertz CT molecular complexity index is 1640. The van der Waals surface area contributed by atoms with Crippen LogP contribution >= 0.6 is 11.8 Å². The van der Waals surface area contributed by atoms with Gasteiger partial charge < -0.3 is 14.8 Å². The molecule has 0 saturated heterocycles. The van der Waals surface area contributed by atoms with E-state index in [1.165, 1.54) is 11.8 Å². The highest BCUT2D eigenvalue weighted by molar-refractivity contribution is 8.00. The largest absolute Gasteiger partial charge is 0.486 e. The molecular weight excluding hydrogens is 510 g/mol. The molecule has 9 heteroatoms. The summed E-state index contributed by atoms with van der Waals surface area (Å²) < 4.78 is 13.1. The summed E-state index contributed by atoms with van der Waals surface area (Å²) in [5, 5.41) is 9.07. The number of aryl methyl sites for hydroxylation is 1. The fourth-order valence-electron chi connectivity index (χ4n) is 4.44. The SMILES string of the molecule is CCc1nn(-c2ccccc2)c2nc(-c3ccccc3)nc(SC(C)C(=O)Nc3ccc4c(c3)OCCO4)c12. The number of ether oxygens (including phenoxy) is 2. The lowest BCUT2D eigenvalue weighted by Crippen LogP contribution is -2.23. The van der Waals surface area contributed by atoms with Crippen LogP contribution in [0.3, 0.4) is 0 Å². The normalized spacial score (nSPS) is 13.3. The zero-order valence-electron chi connectivity index (χ0n) is 21.6. The van der Waals surface area contributed by atoms with Crippen LogP contribution in [-0.4, -0.2) is 44.1 Å². The van der Waals surface area contributed by atoms with Crippen molar-refractivity contribution in [3.63, 3.8) is 0 Å². The van der Waals surface area contributed by atoms with Crippen molar-refractivity contribution in [2.45, 2.75) is 30.5 Å². The van der Waals surface area contributed by atoms with Gasteiger partial charge in [-0.3, -0.25) is 4.79 Å². The molecule has 5 aromatic rings. The van der Waals surface area contributed by atoms with Crippen molar-refractivity contribution in [1.29, 1.82) is 0 Å². The van der Waals surface area contributed by atoms with Crippen molar-refractivity contribution in [2.75, 3.05) is 18.5 Å². The van der Waals surface area contributed by atoms with E-state index < -0.39 is 5.25 Å². The Labute approximate surface area is 230 Å². The number of anilines is 1. The van der Waals surface area contributed by atoms with E-state index in [2.05, 4.69) is 12.2 Å². The predicted molar refractivity (Wildman–Crippen MR) is 153 cm³/mol. The number of fused-ring (bicyclic) bond motifs is 2. The van der Waals surface area contributed by atoms with E-state index in [1.807, 2.05) is 84.4 Å². The van der Waals surface area contributed by atoms with E-state index in [-0.39, 0.29) is 5.91 Å². The van der Waals surface area contributed by atoms with Crippen molar-refractivity contribution >= 4 is 34.4 Å². The number of nitrogens with one attached hydrogen (secondary N) is 1. The van der Waals surface area contributed by atoms with Gasteiger partial charge in [0.1, 0.15) is 18.2 Å². The van der Waals surface area contributed by atoms with Gasteiger partial charge >= 0.3 is 0 Å². The third-order valence-electron chi connectivity index (χ3n) is 6.40. The van der Waals surface area contributed by atoms with Crippen LogP contribution in [0.15, 0.2) is 83.9 Å². The maximum absolute atomic E-state index is 13.3. The van der Waals surface area contributed by atoms with Crippen molar-refractivity contribution in [3.8, 4) is 28.6 Å². The fraction of sp³-hybridized carbons (Fsp3) is 0.200. The molecular formula is C30H27N5O3S. The maximum Gasteiger partial charge on any atom is 0.237 e. The van der Waals surface area contributed by atoms with Crippen LogP contribution in [0.2, 0.25) is 0 Å². The van der Waals surface area contributed by atoms with Gasteiger partial charge in [-0.2, -0.15) is 5.10 Å². The third kappa shape index (κ3) is 5.05. The number of aromatic nitrogens is 4. The van der Waals surface area contributed by atoms with Crippen LogP contribution in [-0.2, 0) is 11.2 Å². The number of benzene rings is 3. The second-order valence-corrected chi connectivity index (χ2v) is 10.4. The second kappa shape index (κ2) is 10.8. The molecule has 0 saturated carbocycles. The Morgan fingerprint density at radius 2 is 1.69 bits per heavy atom. The lowest BCUT2D eigenvalue weighted by atomic mass is 10.2. The molecule has 0 spiro atoms. The first-order valence-electron chi connectivity index (χ1n) is 12.9. The first-order chi connectivity index (χ1) is 19.1. The lowest BCUT2D eigenvalue weighted by Gasteiger charge is -2.19. The van der Waals surface area contributed by atoms with Crippen LogP contribution in [0.25, 0.3) is 28.1 Å². The van der Waals surface area contributed by atoms with Gasteiger partial charge in [0.05, 0.1) is 22.0 Å². The van der Waals surface area contributed by atoms with E-state index in [0.717, 1.165) is 27.4 Å². The second-order valence-electron chi connectivity index (χ2n) is 9.07. The minimum atomic E-state index is -0.440. The number of amides is 1. The van der Waals surface area contributed by atoms with Crippen LogP contribution in [0.4, 0.5) is 5.69 Å². The molecule has 0 fully saturated rings. The maximum atomic E-state index is 13.3. The molecule has 39 heavy (non-hydrogen) atoms. The monoisotopic (exact) mass is 537 g/mol. The lowest BCUT2D eigenvalue weighted by molar-refractivity contribution is -0.115. The van der Waals surface area contributed by atoms with E-state index in [0.29, 0.717) is 48.3 Å². The zero-order chi connectivity index (χ0) is 26.8. The number of nitrogens with zero attached hydrogens (tertiary/aromatic N) is 4. The van der Waals surface area contributed by atoms with Gasteiger partial charge in [0.25, 0.3) is 0 Å². The summed E-state index contributed by atoms with van der Waals surface area (Å²) in [6.45, 7) is 4.95. The molecule has 0 aliphatic carbocycles. The van der Waals surface area contributed by atoms with Crippen molar-refractivity contribution in [1.82, 2.24) is 19.7 Å². The number of hydrogen-bond acceptors (Lipinski definition) is 7. The summed E-state index contributed by atoms with van der Waals surface area (Å²) in [7, 11) is 0. The molecule has 1 atom stereocenters. The van der Waals surface area contributed by atoms with E-state index in [4.69, 9.17) is 24.5 Å². The topological polar surface area (TPSA) is 91.2 Å². The van der Waals surface area contributed by atoms with Crippen LogP contribution in [0.1, 0.15) is 19.5 Å². The smallest absolute Gasteiger partial charge is 0.237 e. The summed E-state index contributed by atoms with van der Waals surface area (Å²) in [6.07, 6.45) is 0.704. The third-order valence-corrected chi connectivity index (χ3v) is 7.49. The predicted octanol–water partition coefficient (Wildman–Crippen LogP) is 5.94. The van der Waals surface area contributed by atoms with Gasteiger partial charge in [-0.1, -0.05) is 67.2 Å². The highest BCUT2D eigenvalue weighted by Crippen LogP contribution is 2.36. The van der Waals surface area contributed by atoms with Crippen molar-refractivity contribution in [3.05, 3.63) is 84.6 Å². The average Bonchev–Trinajstić information content (AvgIpc) is 3.37. The summed E-state index contributed by atoms with van der Waals surface area (Å²) in [5.74, 6) is 1.76. The summed E-state index contributed by atoms with van der Waals surface area (Å²) >= 11 is 1.40. The minimum Gasteiger partial charge on any atom is -0.486 e. The standard InChI is InChI=1S/C30H27N5O3S/c1-3-23-26-28(35(34-23)22-12-8-5-9-13-22)32-27(20-10-6-4-7-11-20)33-30(26)39-19(2)29(36)31-21-14-15-24-25(18-21)38-17-16-37-24/h4-15,18-19H,3,16-17H2,1-2H3,(H,31,36). The van der Waals surface area contributed by atoms with Gasteiger partial charge in [-0.05, 0) is 37.6 Å². The van der Waals surface area contributed by atoms with Crippen molar-refractivity contribution < 1.29 is 14.3 Å². The quantitative estimate of drug-likeness (QED) is 0.203. The number of thioether (sulfide) groups is 1. The number of hydrogen-bond donors (Lipinski definition) is 1. The van der Waals surface area contributed by atoms with E-state index in [9.17, 15) is 4.79 Å². The molecule has 1 unspecified atom stereocenters. The first kappa shape index (κ1) is 24.9. The van der Waals surface area contributed by atoms with Gasteiger partial charge in [0, 0.05) is 17.3 Å². The van der Waals surface area contributed by atoms with Gasteiger partial charge in [-0.25, -0.2) is 14.6 Å². The van der Waals surface area contributed by atoms with Crippen molar-refractivity contribution in [2.24, 2.45) is 0 Å².